The second-order valence-electron chi connectivity index (χ2n) is 4.22. The third-order valence-electron chi connectivity index (χ3n) is 3.02. The van der Waals surface area contributed by atoms with Gasteiger partial charge in [0.2, 0.25) is 0 Å². The predicted molar refractivity (Wildman–Crippen MR) is 62.0 cm³/mol. The van der Waals surface area contributed by atoms with Crippen LogP contribution in [0.1, 0.15) is 12.8 Å². The van der Waals surface area contributed by atoms with E-state index in [1.54, 1.807) is 0 Å². The van der Waals surface area contributed by atoms with Crippen molar-refractivity contribution in [3.8, 4) is 5.75 Å². The summed E-state index contributed by atoms with van der Waals surface area (Å²) in [6.45, 7) is 1.64. The van der Waals surface area contributed by atoms with Crippen molar-refractivity contribution < 1.29 is 9.66 Å². The van der Waals surface area contributed by atoms with E-state index >= 15 is 0 Å². The van der Waals surface area contributed by atoms with Crippen LogP contribution >= 0.6 is 0 Å². The molecule has 17 heavy (non-hydrogen) atoms. The molecule has 1 fully saturated rings. The third-order valence-corrected chi connectivity index (χ3v) is 3.02. The summed E-state index contributed by atoms with van der Waals surface area (Å²) in [4.78, 5) is 16.1. The SMILES string of the molecule is CN1CCC[C@H]1COc1cncc([N+](=O)[O-])c1. The number of hydrogen-bond acceptors (Lipinski definition) is 5. The smallest absolute Gasteiger partial charge is 0.291 e. The van der Waals surface area contributed by atoms with E-state index in [4.69, 9.17) is 4.74 Å². The van der Waals surface area contributed by atoms with E-state index in [1.807, 2.05) is 0 Å². The number of nitrogens with zero attached hydrogens (tertiary/aromatic N) is 3. The number of likely N-dealkylation sites (tertiary alicyclic amines) is 1. The molecule has 6 heteroatoms. The Labute approximate surface area is 99.4 Å². The Kier molecular flexibility index (Phi) is 3.53. The molecular weight excluding hydrogens is 222 g/mol. The van der Waals surface area contributed by atoms with Crippen LogP contribution in [0.25, 0.3) is 0 Å². The maximum absolute atomic E-state index is 10.6. The highest BCUT2D eigenvalue weighted by molar-refractivity contribution is 5.33. The lowest BCUT2D eigenvalue weighted by Crippen LogP contribution is -2.30. The first kappa shape index (κ1) is 11.8. The Morgan fingerprint density at radius 3 is 3.12 bits per heavy atom. The Balaban J connectivity index is 1.94. The lowest BCUT2D eigenvalue weighted by molar-refractivity contribution is -0.385. The molecule has 0 saturated carbocycles. The number of ether oxygens (including phenoxy) is 1. The minimum absolute atomic E-state index is 0.0396. The average Bonchev–Trinajstić information content (AvgIpc) is 2.72. The fraction of sp³-hybridized carbons (Fsp3) is 0.545. The summed E-state index contributed by atoms with van der Waals surface area (Å²) in [5, 5.41) is 10.6. The van der Waals surface area contributed by atoms with Crippen molar-refractivity contribution in [2.45, 2.75) is 18.9 Å². The Morgan fingerprint density at radius 1 is 1.65 bits per heavy atom. The van der Waals surface area contributed by atoms with Crippen molar-refractivity contribution >= 4 is 5.69 Å². The zero-order chi connectivity index (χ0) is 12.3. The molecule has 0 N–H and O–H groups in total. The molecule has 1 aliphatic heterocycles. The van der Waals surface area contributed by atoms with Gasteiger partial charge in [0.1, 0.15) is 18.6 Å². The molecule has 1 aromatic heterocycles. The van der Waals surface area contributed by atoms with E-state index in [0.29, 0.717) is 18.4 Å². The summed E-state index contributed by atoms with van der Waals surface area (Å²) >= 11 is 0. The normalized spacial score (nSPS) is 20.4. The standard InChI is InChI=1S/C11H15N3O3/c1-13-4-2-3-9(13)8-17-11-5-10(14(15)16)6-12-7-11/h5-7,9H,2-4,8H2,1H3/t9-/m0/s1. The van der Waals surface area contributed by atoms with Crippen LogP contribution in [0, 0.1) is 10.1 Å². The van der Waals surface area contributed by atoms with E-state index in [9.17, 15) is 10.1 Å². The molecule has 6 nitrogen and oxygen atoms in total. The number of nitro groups is 1. The Morgan fingerprint density at radius 2 is 2.47 bits per heavy atom. The first-order chi connectivity index (χ1) is 8.16. The van der Waals surface area contributed by atoms with E-state index in [-0.39, 0.29) is 5.69 Å². The van der Waals surface area contributed by atoms with Crippen LogP contribution < -0.4 is 4.74 Å². The second kappa shape index (κ2) is 5.09. The second-order valence-corrected chi connectivity index (χ2v) is 4.22. The van der Waals surface area contributed by atoms with Gasteiger partial charge in [-0.3, -0.25) is 15.1 Å². The fourth-order valence-corrected chi connectivity index (χ4v) is 1.97. The first-order valence-electron chi connectivity index (χ1n) is 5.59. The van der Waals surface area contributed by atoms with Crippen molar-refractivity contribution in [3.05, 3.63) is 28.6 Å². The molecule has 1 atom stereocenters. The van der Waals surface area contributed by atoms with Crippen LogP contribution in [-0.2, 0) is 0 Å². The topological polar surface area (TPSA) is 68.5 Å². The quantitative estimate of drug-likeness (QED) is 0.585. The minimum atomic E-state index is -0.471. The number of hydrogen-bond donors (Lipinski definition) is 0. The molecule has 0 aromatic carbocycles. The van der Waals surface area contributed by atoms with Gasteiger partial charge in [0.05, 0.1) is 17.2 Å². The van der Waals surface area contributed by atoms with Crippen LogP contribution in [0.3, 0.4) is 0 Å². The monoisotopic (exact) mass is 237 g/mol. The van der Waals surface area contributed by atoms with Gasteiger partial charge >= 0.3 is 0 Å². The summed E-state index contributed by atoms with van der Waals surface area (Å²) in [6.07, 6.45) is 5.01. The molecule has 2 heterocycles. The highest BCUT2D eigenvalue weighted by Crippen LogP contribution is 2.20. The van der Waals surface area contributed by atoms with E-state index < -0.39 is 4.92 Å². The van der Waals surface area contributed by atoms with Crippen LogP contribution in [0.4, 0.5) is 5.69 Å². The van der Waals surface area contributed by atoms with Crippen LogP contribution in [0.15, 0.2) is 18.5 Å². The maximum Gasteiger partial charge on any atom is 0.291 e. The summed E-state index contributed by atoms with van der Waals surface area (Å²) in [5.41, 5.74) is -0.0396. The van der Waals surface area contributed by atoms with Gasteiger partial charge in [-0.2, -0.15) is 0 Å². The van der Waals surface area contributed by atoms with E-state index in [2.05, 4.69) is 16.9 Å². The van der Waals surface area contributed by atoms with Gasteiger partial charge in [-0.15, -0.1) is 0 Å². The summed E-state index contributed by atoms with van der Waals surface area (Å²) in [6, 6.07) is 1.80. The highest BCUT2D eigenvalue weighted by atomic mass is 16.6. The number of aromatic nitrogens is 1. The Bertz CT molecular complexity index is 411. The molecule has 0 amide bonds. The minimum Gasteiger partial charge on any atom is -0.490 e. The van der Waals surface area contributed by atoms with Crippen molar-refractivity contribution in [1.29, 1.82) is 0 Å². The fourth-order valence-electron chi connectivity index (χ4n) is 1.97. The largest absolute Gasteiger partial charge is 0.490 e. The summed E-state index contributed by atoms with van der Waals surface area (Å²) < 4.78 is 5.54. The molecule has 0 bridgehead atoms. The van der Waals surface area contributed by atoms with Crippen molar-refractivity contribution in [1.82, 2.24) is 9.88 Å². The van der Waals surface area contributed by atoms with E-state index in [1.165, 1.54) is 24.9 Å². The third kappa shape index (κ3) is 2.91. The molecule has 2 rings (SSSR count). The van der Waals surface area contributed by atoms with Gasteiger partial charge < -0.3 is 9.64 Å². The van der Waals surface area contributed by atoms with Gasteiger partial charge in [-0.25, -0.2) is 0 Å². The zero-order valence-electron chi connectivity index (χ0n) is 9.70. The lowest BCUT2D eigenvalue weighted by atomic mass is 10.2. The van der Waals surface area contributed by atoms with Gasteiger partial charge in [0, 0.05) is 6.04 Å². The number of likely N-dealkylation sites (N-methyl/N-ethyl adjacent to an activating group) is 1. The van der Waals surface area contributed by atoms with Gasteiger partial charge in [0.15, 0.2) is 0 Å². The predicted octanol–water partition coefficient (Wildman–Crippen LogP) is 1.46. The summed E-state index contributed by atoms with van der Waals surface area (Å²) in [7, 11) is 2.06. The molecule has 0 radical (unpaired) electrons. The maximum atomic E-state index is 10.6. The molecule has 1 aromatic rings. The van der Waals surface area contributed by atoms with Gasteiger partial charge in [-0.1, -0.05) is 0 Å². The van der Waals surface area contributed by atoms with Crippen LogP contribution in [0.2, 0.25) is 0 Å². The molecule has 92 valence electrons. The zero-order valence-corrected chi connectivity index (χ0v) is 9.70. The first-order valence-corrected chi connectivity index (χ1v) is 5.59. The molecular formula is C11H15N3O3. The van der Waals surface area contributed by atoms with E-state index in [0.717, 1.165) is 13.0 Å². The van der Waals surface area contributed by atoms with Crippen molar-refractivity contribution in [2.24, 2.45) is 0 Å². The molecule has 0 aliphatic carbocycles. The Hall–Kier alpha value is -1.69. The highest BCUT2D eigenvalue weighted by Gasteiger charge is 2.21. The van der Waals surface area contributed by atoms with Crippen molar-refractivity contribution in [3.63, 3.8) is 0 Å². The number of rotatable bonds is 4. The van der Waals surface area contributed by atoms with Gasteiger partial charge in [-0.05, 0) is 26.4 Å². The molecule has 0 spiro atoms. The lowest BCUT2D eigenvalue weighted by Gasteiger charge is -2.19. The molecule has 1 saturated heterocycles. The number of pyridine rings is 1. The molecule has 1 aliphatic rings. The van der Waals surface area contributed by atoms with Crippen molar-refractivity contribution in [2.75, 3.05) is 20.2 Å². The average molecular weight is 237 g/mol. The van der Waals surface area contributed by atoms with Gasteiger partial charge in [0.25, 0.3) is 5.69 Å². The van der Waals surface area contributed by atoms with Crippen LogP contribution in [-0.4, -0.2) is 41.0 Å². The van der Waals surface area contributed by atoms with Crippen LogP contribution in [0.5, 0.6) is 5.75 Å². The summed E-state index contributed by atoms with van der Waals surface area (Å²) in [5.74, 6) is 0.458. The molecule has 0 unspecified atom stereocenters.